The van der Waals surface area contributed by atoms with E-state index in [1.54, 1.807) is 6.20 Å². The summed E-state index contributed by atoms with van der Waals surface area (Å²) in [5.74, 6) is 0.805. The number of para-hydroxylation sites is 1. The highest BCUT2D eigenvalue weighted by Gasteiger charge is 2.09. The quantitative estimate of drug-likeness (QED) is 0.667. The van der Waals surface area contributed by atoms with E-state index in [1.165, 1.54) is 0 Å². The Morgan fingerprint density at radius 2 is 2.06 bits per heavy atom. The van der Waals surface area contributed by atoms with E-state index < -0.39 is 0 Å². The van der Waals surface area contributed by atoms with Crippen LogP contribution in [0.4, 0.5) is 0 Å². The molecule has 0 unspecified atom stereocenters. The first-order chi connectivity index (χ1) is 8.27. The van der Waals surface area contributed by atoms with E-state index >= 15 is 0 Å². The summed E-state index contributed by atoms with van der Waals surface area (Å²) < 4.78 is 2.45. The van der Waals surface area contributed by atoms with Gasteiger partial charge in [-0.3, -0.25) is 10.1 Å². The Morgan fingerprint density at radius 1 is 1.24 bits per heavy atom. The molecule has 0 spiro atoms. The van der Waals surface area contributed by atoms with Gasteiger partial charge in [0.2, 0.25) is 0 Å². The van der Waals surface area contributed by atoms with Gasteiger partial charge < -0.3 is 4.57 Å². The van der Waals surface area contributed by atoms with E-state index in [2.05, 4.69) is 15.2 Å². The number of aromatic nitrogens is 4. The average molecular weight is 242 g/mol. The van der Waals surface area contributed by atoms with Crippen LogP contribution < -0.4 is 0 Å². The van der Waals surface area contributed by atoms with E-state index in [0.717, 1.165) is 22.3 Å². The topological polar surface area (TPSA) is 46.5 Å². The normalized spacial score (nSPS) is 10.9. The number of rotatable bonds is 1. The van der Waals surface area contributed by atoms with Crippen molar-refractivity contribution in [3.8, 4) is 11.4 Å². The van der Waals surface area contributed by atoms with Crippen LogP contribution in [0.1, 0.15) is 0 Å². The van der Waals surface area contributed by atoms with Gasteiger partial charge in [0.05, 0.1) is 5.52 Å². The zero-order valence-corrected chi connectivity index (χ0v) is 10.0. The molecule has 0 aliphatic heterocycles. The lowest BCUT2D eigenvalue weighted by atomic mass is 10.1. The van der Waals surface area contributed by atoms with Crippen LogP contribution >= 0.6 is 12.2 Å². The lowest BCUT2D eigenvalue weighted by Crippen LogP contribution is -1.94. The number of aromatic amines is 1. The standard InChI is InChI=1S/C12H10N4S/c1-16-11(14-15-12(16)17)9-6-2-4-8-5-3-7-13-10(8)9/h2-7H,1H3,(H,15,17). The zero-order chi connectivity index (χ0) is 11.8. The number of nitrogens with zero attached hydrogens (tertiary/aromatic N) is 3. The summed E-state index contributed by atoms with van der Waals surface area (Å²) in [4.78, 5) is 4.41. The molecule has 0 saturated heterocycles. The van der Waals surface area contributed by atoms with Gasteiger partial charge in [0, 0.05) is 24.2 Å². The Balaban J connectivity index is 2.38. The van der Waals surface area contributed by atoms with Crippen molar-refractivity contribution < 1.29 is 0 Å². The minimum Gasteiger partial charge on any atom is -0.303 e. The van der Waals surface area contributed by atoms with Crippen LogP contribution in [0.5, 0.6) is 0 Å². The molecular weight excluding hydrogens is 232 g/mol. The van der Waals surface area contributed by atoms with Crippen molar-refractivity contribution in [2.24, 2.45) is 7.05 Å². The van der Waals surface area contributed by atoms with Crippen LogP contribution in [0.2, 0.25) is 0 Å². The van der Waals surface area contributed by atoms with Gasteiger partial charge in [-0.25, -0.2) is 0 Å². The van der Waals surface area contributed by atoms with Crippen LogP contribution in [0.15, 0.2) is 36.5 Å². The Bertz CT molecular complexity index is 736. The number of benzene rings is 1. The Morgan fingerprint density at radius 3 is 2.82 bits per heavy atom. The number of hydrogen-bond donors (Lipinski definition) is 1. The van der Waals surface area contributed by atoms with E-state index in [9.17, 15) is 0 Å². The molecule has 0 fully saturated rings. The Kier molecular flexibility index (Phi) is 2.26. The predicted molar refractivity (Wildman–Crippen MR) is 69.1 cm³/mol. The first-order valence-electron chi connectivity index (χ1n) is 5.23. The highest BCUT2D eigenvalue weighted by atomic mass is 32.1. The molecule has 0 radical (unpaired) electrons. The zero-order valence-electron chi connectivity index (χ0n) is 9.21. The van der Waals surface area contributed by atoms with Crippen LogP contribution in [0.3, 0.4) is 0 Å². The lowest BCUT2D eigenvalue weighted by Gasteiger charge is -2.04. The fraction of sp³-hybridized carbons (Fsp3) is 0.0833. The van der Waals surface area contributed by atoms with Gasteiger partial charge in [-0.15, -0.1) is 0 Å². The summed E-state index contributed by atoms with van der Waals surface area (Å²) in [7, 11) is 1.89. The Labute approximate surface area is 103 Å². The third-order valence-electron chi connectivity index (χ3n) is 2.75. The van der Waals surface area contributed by atoms with Gasteiger partial charge in [-0.2, -0.15) is 5.10 Å². The molecule has 2 aromatic heterocycles. The molecule has 0 atom stereocenters. The second kappa shape index (κ2) is 3.78. The molecule has 84 valence electrons. The predicted octanol–water partition coefficient (Wildman–Crippen LogP) is 2.69. The van der Waals surface area contributed by atoms with E-state index in [0.29, 0.717) is 4.77 Å². The summed E-state index contributed by atoms with van der Waals surface area (Å²) in [6.45, 7) is 0. The molecule has 0 aliphatic carbocycles. The molecule has 0 amide bonds. The summed E-state index contributed by atoms with van der Waals surface area (Å²) in [5.41, 5.74) is 1.92. The van der Waals surface area contributed by atoms with Crippen LogP contribution in [0, 0.1) is 4.77 Å². The van der Waals surface area contributed by atoms with Crippen molar-refractivity contribution in [3.63, 3.8) is 0 Å². The van der Waals surface area contributed by atoms with E-state index in [-0.39, 0.29) is 0 Å². The van der Waals surface area contributed by atoms with Crippen LogP contribution in [-0.2, 0) is 7.05 Å². The van der Waals surface area contributed by atoms with Crippen molar-refractivity contribution in [3.05, 3.63) is 41.3 Å². The minimum atomic E-state index is 0.605. The molecule has 1 aromatic carbocycles. The van der Waals surface area contributed by atoms with Gasteiger partial charge in [-0.05, 0) is 24.4 Å². The second-order valence-electron chi connectivity index (χ2n) is 3.79. The van der Waals surface area contributed by atoms with Crippen molar-refractivity contribution in [1.82, 2.24) is 19.7 Å². The number of H-pyrrole nitrogens is 1. The summed E-state index contributed by atoms with van der Waals surface area (Å²) in [5, 5.41) is 8.13. The second-order valence-corrected chi connectivity index (χ2v) is 4.18. The molecule has 4 nitrogen and oxygen atoms in total. The number of fused-ring (bicyclic) bond motifs is 1. The van der Waals surface area contributed by atoms with Crippen molar-refractivity contribution >= 4 is 23.1 Å². The highest BCUT2D eigenvalue weighted by molar-refractivity contribution is 7.71. The first kappa shape index (κ1) is 10.2. The number of pyridine rings is 1. The van der Waals surface area contributed by atoms with Crippen molar-refractivity contribution in [2.45, 2.75) is 0 Å². The molecule has 0 bridgehead atoms. The third kappa shape index (κ3) is 1.55. The molecule has 3 rings (SSSR count). The van der Waals surface area contributed by atoms with Gasteiger partial charge in [0.25, 0.3) is 0 Å². The SMILES string of the molecule is Cn1c(-c2cccc3cccnc23)n[nH]c1=S. The highest BCUT2D eigenvalue weighted by Crippen LogP contribution is 2.24. The summed E-state index contributed by atoms with van der Waals surface area (Å²) in [6, 6.07) is 9.99. The molecule has 17 heavy (non-hydrogen) atoms. The van der Waals surface area contributed by atoms with Crippen molar-refractivity contribution in [1.29, 1.82) is 0 Å². The van der Waals surface area contributed by atoms with Gasteiger partial charge in [-0.1, -0.05) is 18.2 Å². The third-order valence-corrected chi connectivity index (χ3v) is 3.12. The molecule has 2 heterocycles. The number of nitrogens with one attached hydrogen (secondary N) is 1. The molecule has 3 aromatic rings. The fourth-order valence-electron chi connectivity index (χ4n) is 1.87. The molecule has 0 saturated carbocycles. The van der Waals surface area contributed by atoms with Crippen LogP contribution in [0.25, 0.3) is 22.3 Å². The van der Waals surface area contributed by atoms with E-state index in [4.69, 9.17) is 12.2 Å². The average Bonchev–Trinajstić information content (AvgIpc) is 2.69. The maximum Gasteiger partial charge on any atom is 0.195 e. The van der Waals surface area contributed by atoms with Gasteiger partial charge >= 0.3 is 0 Å². The maximum atomic E-state index is 5.12. The van der Waals surface area contributed by atoms with Crippen LogP contribution in [-0.4, -0.2) is 19.7 Å². The Hall–Kier alpha value is -2.01. The maximum absolute atomic E-state index is 5.12. The number of hydrogen-bond acceptors (Lipinski definition) is 3. The minimum absolute atomic E-state index is 0.605. The van der Waals surface area contributed by atoms with Gasteiger partial charge in [0.1, 0.15) is 0 Å². The first-order valence-corrected chi connectivity index (χ1v) is 5.64. The summed E-state index contributed by atoms with van der Waals surface area (Å²) >= 11 is 5.12. The molecule has 0 aliphatic rings. The summed E-state index contributed by atoms with van der Waals surface area (Å²) in [6.07, 6.45) is 1.78. The fourth-order valence-corrected chi connectivity index (χ4v) is 2.00. The van der Waals surface area contributed by atoms with E-state index in [1.807, 2.05) is 41.9 Å². The van der Waals surface area contributed by atoms with Crippen molar-refractivity contribution in [2.75, 3.05) is 0 Å². The largest absolute Gasteiger partial charge is 0.303 e. The monoisotopic (exact) mass is 242 g/mol. The smallest absolute Gasteiger partial charge is 0.195 e. The molecular formula is C12H10N4S. The molecule has 1 N–H and O–H groups in total. The molecule has 5 heteroatoms. The van der Waals surface area contributed by atoms with Gasteiger partial charge in [0.15, 0.2) is 10.6 Å². The lowest BCUT2D eigenvalue weighted by molar-refractivity contribution is 0.902.